The molecule has 20 heavy (non-hydrogen) atoms. The fraction of sp³-hybridized carbons (Fsp3) is 0.571. The van der Waals surface area contributed by atoms with Gasteiger partial charge >= 0.3 is 0 Å². The number of rotatable bonds is 5. The third-order valence-electron chi connectivity index (χ3n) is 3.44. The van der Waals surface area contributed by atoms with Gasteiger partial charge in [0.2, 0.25) is 0 Å². The average Bonchev–Trinajstić information content (AvgIpc) is 2.39. The smallest absolute Gasteiger partial charge is 0.164 e. The van der Waals surface area contributed by atoms with Crippen LogP contribution in [0.5, 0.6) is 0 Å². The van der Waals surface area contributed by atoms with E-state index in [1.54, 1.807) is 11.8 Å². The van der Waals surface area contributed by atoms with Gasteiger partial charge in [0, 0.05) is 37.4 Å². The first-order valence-corrected chi connectivity index (χ1v) is 9.84. The highest BCUT2D eigenvalue weighted by Crippen LogP contribution is 2.22. The van der Waals surface area contributed by atoms with Gasteiger partial charge in [-0.3, -0.25) is 4.90 Å². The molecule has 0 aliphatic carbocycles. The van der Waals surface area contributed by atoms with Crippen molar-refractivity contribution in [1.82, 2.24) is 10.2 Å². The number of benzene rings is 1. The van der Waals surface area contributed by atoms with Crippen LogP contribution < -0.4 is 5.32 Å². The van der Waals surface area contributed by atoms with Crippen LogP contribution in [0.25, 0.3) is 0 Å². The molecular weight excluding hydrogens is 292 g/mol. The third kappa shape index (κ3) is 4.22. The van der Waals surface area contributed by atoms with Crippen molar-refractivity contribution in [1.29, 1.82) is 0 Å². The van der Waals surface area contributed by atoms with Crippen LogP contribution >= 0.6 is 11.8 Å². The third-order valence-corrected chi connectivity index (χ3v) is 6.13. The van der Waals surface area contributed by atoms with Crippen LogP contribution in [0.15, 0.2) is 24.3 Å². The van der Waals surface area contributed by atoms with Crippen LogP contribution in [0, 0.1) is 0 Å². The minimum Gasteiger partial charge on any atom is -0.316 e. The van der Waals surface area contributed by atoms with Gasteiger partial charge in [0.15, 0.2) is 9.84 Å². The van der Waals surface area contributed by atoms with E-state index in [4.69, 9.17) is 0 Å². The van der Waals surface area contributed by atoms with E-state index >= 15 is 0 Å². The zero-order chi connectivity index (χ0) is 14.6. The quantitative estimate of drug-likeness (QED) is 0.888. The van der Waals surface area contributed by atoms with Crippen molar-refractivity contribution >= 4 is 21.6 Å². The summed E-state index contributed by atoms with van der Waals surface area (Å²) in [5.41, 5.74) is 2.41. The van der Waals surface area contributed by atoms with Crippen LogP contribution in [0.2, 0.25) is 0 Å². The molecule has 1 aromatic rings. The van der Waals surface area contributed by atoms with E-state index < -0.39 is 9.84 Å². The molecule has 0 amide bonds. The molecule has 1 N–H and O–H groups in total. The number of nitrogens with one attached hydrogen (secondary N) is 1. The minimum atomic E-state index is -3.02. The molecule has 0 saturated carbocycles. The summed E-state index contributed by atoms with van der Waals surface area (Å²) < 4.78 is 23.8. The average molecular weight is 314 g/mol. The van der Waals surface area contributed by atoms with Gasteiger partial charge in [0.25, 0.3) is 0 Å². The Bertz CT molecular complexity index is 546. The summed E-state index contributed by atoms with van der Waals surface area (Å²) in [6.45, 7) is 2.37. The maximum Gasteiger partial charge on any atom is 0.164 e. The van der Waals surface area contributed by atoms with Gasteiger partial charge in [-0.15, -0.1) is 0 Å². The maximum atomic E-state index is 11.9. The van der Waals surface area contributed by atoms with Crippen molar-refractivity contribution in [2.45, 2.75) is 18.5 Å². The van der Waals surface area contributed by atoms with E-state index in [9.17, 15) is 8.42 Å². The van der Waals surface area contributed by atoms with Gasteiger partial charge < -0.3 is 5.32 Å². The lowest BCUT2D eigenvalue weighted by atomic mass is 10.1. The highest BCUT2D eigenvalue weighted by molar-refractivity contribution is 8.00. The van der Waals surface area contributed by atoms with Crippen molar-refractivity contribution in [3.8, 4) is 0 Å². The Morgan fingerprint density at radius 1 is 1.40 bits per heavy atom. The van der Waals surface area contributed by atoms with E-state index in [-0.39, 0.29) is 5.37 Å². The summed E-state index contributed by atoms with van der Waals surface area (Å²) in [5, 5.41) is 2.78. The van der Waals surface area contributed by atoms with Gasteiger partial charge in [-0.1, -0.05) is 24.3 Å². The Kier molecular flexibility index (Phi) is 5.49. The summed E-state index contributed by atoms with van der Waals surface area (Å²) >= 11 is 1.72. The lowest BCUT2D eigenvalue weighted by Crippen LogP contribution is -2.46. The molecule has 1 saturated heterocycles. The summed E-state index contributed by atoms with van der Waals surface area (Å²) in [6.07, 6.45) is 1.34. The molecule has 4 nitrogen and oxygen atoms in total. The molecule has 0 aromatic heterocycles. The molecule has 1 heterocycles. The Morgan fingerprint density at radius 3 is 2.85 bits per heavy atom. The van der Waals surface area contributed by atoms with Gasteiger partial charge in [-0.25, -0.2) is 8.42 Å². The molecule has 1 fully saturated rings. The Balaban J connectivity index is 2.12. The number of sulfone groups is 1. The second kappa shape index (κ2) is 6.93. The molecule has 2 rings (SSSR count). The molecule has 0 radical (unpaired) electrons. The lowest BCUT2D eigenvalue weighted by molar-refractivity contribution is 0.262. The van der Waals surface area contributed by atoms with E-state index in [0.29, 0.717) is 12.3 Å². The molecular formula is C14H22N2O2S2. The van der Waals surface area contributed by atoms with Gasteiger partial charge in [0.05, 0.1) is 0 Å². The Labute approximate surface area is 125 Å². The van der Waals surface area contributed by atoms with E-state index in [1.165, 1.54) is 17.4 Å². The minimum absolute atomic E-state index is 0.353. The van der Waals surface area contributed by atoms with Crippen LogP contribution in [-0.4, -0.2) is 50.0 Å². The molecule has 0 bridgehead atoms. The zero-order valence-electron chi connectivity index (χ0n) is 12.0. The zero-order valence-corrected chi connectivity index (χ0v) is 13.6. The highest BCUT2D eigenvalue weighted by Gasteiger charge is 2.30. The number of thioether (sulfide) groups is 1. The van der Waals surface area contributed by atoms with Crippen molar-refractivity contribution in [2.75, 3.05) is 31.4 Å². The molecule has 1 atom stereocenters. The highest BCUT2D eigenvalue weighted by atomic mass is 32.2. The Hall–Kier alpha value is -0.560. The normalized spacial score (nSPS) is 21.0. The fourth-order valence-electron chi connectivity index (χ4n) is 2.47. The second-order valence-electron chi connectivity index (χ2n) is 5.18. The van der Waals surface area contributed by atoms with Crippen LogP contribution in [-0.2, 0) is 22.9 Å². The van der Waals surface area contributed by atoms with Crippen LogP contribution in [0.3, 0.4) is 0 Å². The first-order valence-electron chi connectivity index (χ1n) is 6.74. The van der Waals surface area contributed by atoms with E-state index in [1.807, 2.05) is 13.1 Å². The molecule has 1 aliphatic rings. The monoisotopic (exact) mass is 314 g/mol. The largest absolute Gasteiger partial charge is 0.316 e. The van der Waals surface area contributed by atoms with Gasteiger partial charge in [-0.05, 0) is 18.2 Å². The number of hydrogen-bond donors (Lipinski definition) is 1. The summed E-state index contributed by atoms with van der Waals surface area (Å²) in [5.74, 6) is 1.68. The summed E-state index contributed by atoms with van der Waals surface area (Å²) in [7, 11) is -1.10. The molecule has 112 valence electrons. The summed E-state index contributed by atoms with van der Waals surface area (Å²) in [6, 6.07) is 8.34. The molecule has 1 aromatic carbocycles. The van der Waals surface area contributed by atoms with Gasteiger partial charge in [-0.2, -0.15) is 11.8 Å². The van der Waals surface area contributed by atoms with Crippen molar-refractivity contribution in [3.05, 3.63) is 35.4 Å². The predicted octanol–water partition coefficient (Wildman–Crippen LogP) is 1.33. The predicted molar refractivity (Wildman–Crippen MR) is 85.6 cm³/mol. The van der Waals surface area contributed by atoms with Crippen LogP contribution in [0.1, 0.15) is 11.1 Å². The first kappa shape index (κ1) is 15.8. The molecule has 6 heteroatoms. The van der Waals surface area contributed by atoms with Crippen molar-refractivity contribution in [3.63, 3.8) is 0 Å². The fourth-order valence-corrected chi connectivity index (χ4v) is 5.41. The summed E-state index contributed by atoms with van der Waals surface area (Å²) in [4.78, 5) is 2.09. The topological polar surface area (TPSA) is 49.4 Å². The molecule has 0 spiro atoms. The lowest BCUT2D eigenvalue weighted by Gasteiger charge is -2.34. The van der Waals surface area contributed by atoms with E-state index in [0.717, 1.165) is 18.8 Å². The number of hydrogen-bond acceptors (Lipinski definition) is 5. The first-order chi connectivity index (χ1) is 9.50. The molecule has 1 aliphatic heterocycles. The van der Waals surface area contributed by atoms with Crippen molar-refractivity contribution < 1.29 is 8.42 Å². The number of nitrogens with zero attached hydrogens (tertiary/aromatic N) is 1. The van der Waals surface area contributed by atoms with Gasteiger partial charge in [0.1, 0.15) is 5.37 Å². The van der Waals surface area contributed by atoms with E-state index in [2.05, 4.69) is 28.4 Å². The second-order valence-corrected chi connectivity index (χ2v) is 8.53. The molecule has 1 unspecified atom stereocenters. The van der Waals surface area contributed by atoms with Crippen molar-refractivity contribution in [2.24, 2.45) is 0 Å². The van der Waals surface area contributed by atoms with Crippen LogP contribution in [0.4, 0.5) is 0 Å². The standard InChI is InChI=1S/C14H22N2O2S2/c1-15-9-12-4-3-5-13(8-12)10-16-6-7-19-11-14(16)20(2,17)18/h3-5,8,14-15H,6-7,9-11H2,1-2H3. The maximum absolute atomic E-state index is 11.9. The SMILES string of the molecule is CNCc1cccc(CN2CCSCC2S(C)(=O)=O)c1. The Morgan fingerprint density at radius 2 is 2.15 bits per heavy atom.